The average Bonchev–Trinajstić information content (AvgIpc) is 2.26. The maximum Gasteiger partial charge on any atom is 0.119 e. The number of hydrogen-bond acceptors (Lipinski definition) is 3. The summed E-state index contributed by atoms with van der Waals surface area (Å²) < 4.78 is 5.52. The van der Waals surface area contributed by atoms with E-state index in [1.807, 2.05) is 18.2 Å². The Hall–Kier alpha value is -1.06. The Balaban J connectivity index is 2.12. The van der Waals surface area contributed by atoms with Crippen LogP contribution in [0.1, 0.15) is 43.9 Å². The van der Waals surface area contributed by atoms with Crippen LogP contribution in [0.15, 0.2) is 18.2 Å². The second-order valence-electron chi connectivity index (χ2n) is 5.37. The van der Waals surface area contributed by atoms with E-state index in [-0.39, 0.29) is 12.7 Å². The molecule has 1 atom stereocenters. The van der Waals surface area contributed by atoms with Crippen molar-refractivity contribution in [1.82, 2.24) is 0 Å². The van der Waals surface area contributed by atoms with E-state index in [0.29, 0.717) is 5.75 Å². The van der Waals surface area contributed by atoms with Crippen molar-refractivity contribution in [1.29, 1.82) is 0 Å². The maximum atomic E-state index is 9.91. The van der Waals surface area contributed by atoms with Gasteiger partial charge in [-0.15, -0.1) is 0 Å². The molecule has 94 valence electrons. The van der Waals surface area contributed by atoms with Gasteiger partial charge in [0, 0.05) is 0 Å². The average molecular weight is 236 g/mol. The number of aryl methyl sites for hydroxylation is 1. The summed E-state index contributed by atoms with van der Waals surface area (Å²) in [6.07, 6.45) is 2.52. The SMILES string of the molecule is CC(C)(O)COc1ccc2c(c1)C(O)CCC2. The highest BCUT2D eigenvalue weighted by molar-refractivity contribution is 5.38. The Morgan fingerprint density at radius 3 is 2.88 bits per heavy atom. The molecule has 0 aromatic heterocycles. The first-order valence-electron chi connectivity index (χ1n) is 6.12. The van der Waals surface area contributed by atoms with E-state index in [4.69, 9.17) is 4.74 Å². The highest BCUT2D eigenvalue weighted by Crippen LogP contribution is 2.32. The van der Waals surface area contributed by atoms with Crippen molar-refractivity contribution < 1.29 is 14.9 Å². The molecule has 3 heteroatoms. The second-order valence-corrected chi connectivity index (χ2v) is 5.37. The normalized spacial score (nSPS) is 19.9. The zero-order chi connectivity index (χ0) is 12.5. The van der Waals surface area contributed by atoms with Crippen molar-refractivity contribution >= 4 is 0 Å². The molecule has 0 aliphatic heterocycles. The molecule has 0 saturated heterocycles. The third-order valence-corrected chi connectivity index (χ3v) is 2.99. The van der Waals surface area contributed by atoms with E-state index in [9.17, 15) is 10.2 Å². The lowest BCUT2D eigenvalue weighted by Gasteiger charge is -2.23. The first kappa shape index (κ1) is 12.4. The summed E-state index contributed by atoms with van der Waals surface area (Å²) in [6.45, 7) is 3.67. The van der Waals surface area contributed by atoms with Gasteiger partial charge in [0.25, 0.3) is 0 Å². The van der Waals surface area contributed by atoms with Crippen molar-refractivity contribution in [3.05, 3.63) is 29.3 Å². The summed E-state index contributed by atoms with van der Waals surface area (Å²) in [6, 6.07) is 5.81. The first-order valence-corrected chi connectivity index (χ1v) is 6.12. The number of hydrogen-bond donors (Lipinski definition) is 2. The zero-order valence-electron chi connectivity index (χ0n) is 10.4. The molecule has 1 aromatic carbocycles. The predicted molar refractivity (Wildman–Crippen MR) is 66.1 cm³/mol. The number of fused-ring (bicyclic) bond motifs is 1. The number of rotatable bonds is 3. The summed E-state index contributed by atoms with van der Waals surface area (Å²) in [5, 5.41) is 19.5. The Labute approximate surface area is 102 Å². The van der Waals surface area contributed by atoms with Gasteiger partial charge in [-0.2, -0.15) is 0 Å². The van der Waals surface area contributed by atoms with Crippen LogP contribution in [0.5, 0.6) is 5.75 Å². The van der Waals surface area contributed by atoms with Crippen LogP contribution < -0.4 is 4.74 Å². The van der Waals surface area contributed by atoms with Gasteiger partial charge in [-0.05, 0) is 56.4 Å². The lowest BCUT2D eigenvalue weighted by molar-refractivity contribution is 0.0283. The van der Waals surface area contributed by atoms with Gasteiger partial charge in [-0.25, -0.2) is 0 Å². The fourth-order valence-electron chi connectivity index (χ4n) is 2.10. The van der Waals surface area contributed by atoms with E-state index in [1.165, 1.54) is 5.56 Å². The third-order valence-electron chi connectivity index (χ3n) is 2.99. The molecule has 0 radical (unpaired) electrons. The number of aliphatic hydroxyl groups is 2. The molecule has 0 bridgehead atoms. The van der Waals surface area contributed by atoms with E-state index < -0.39 is 5.60 Å². The highest BCUT2D eigenvalue weighted by Gasteiger charge is 2.19. The molecular weight excluding hydrogens is 216 g/mol. The highest BCUT2D eigenvalue weighted by atomic mass is 16.5. The molecule has 1 aliphatic rings. The Kier molecular flexibility index (Phi) is 3.40. The smallest absolute Gasteiger partial charge is 0.119 e. The molecule has 0 spiro atoms. The minimum Gasteiger partial charge on any atom is -0.491 e. The van der Waals surface area contributed by atoms with Crippen molar-refractivity contribution in [2.24, 2.45) is 0 Å². The van der Waals surface area contributed by atoms with E-state index >= 15 is 0 Å². The minimum absolute atomic E-state index is 0.252. The van der Waals surface area contributed by atoms with Crippen LogP contribution in [-0.4, -0.2) is 22.4 Å². The molecule has 0 fully saturated rings. The van der Waals surface area contributed by atoms with Gasteiger partial charge < -0.3 is 14.9 Å². The lowest BCUT2D eigenvalue weighted by atomic mass is 9.89. The Morgan fingerprint density at radius 2 is 2.18 bits per heavy atom. The Morgan fingerprint density at radius 1 is 1.41 bits per heavy atom. The molecule has 1 aliphatic carbocycles. The van der Waals surface area contributed by atoms with E-state index in [1.54, 1.807) is 13.8 Å². The Bertz CT molecular complexity index is 393. The van der Waals surface area contributed by atoms with Crippen molar-refractivity contribution in [3.63, 3.8) is 0 Å². The molecule has 3 nitrogen and oxygen atoms in total. The summed E-state index contributed by atoms with van der Waals surface area (Å²) in [5.41, 5.74) is 1.35. The van der Waals surface area contributed by atoms with Gasteiger partial charge in [-0.1, -0.05) is 6.07 Å². The lowest BCUT2D eigenvalue weighted by Crippen LogP contribution is -2.27. The van der Waals surface area contributed by atoms with Crippen LogP contribution >= 0.6 is 0 Å². The van der Waals surface area contributed by atoms with Crippen molar-refractivity contribution in [3.8, 4) is 5.75 Å². The van der Waals surface area contributed by atoms with Crippen LogP contribution in [0.4, 0.5) is 0 Å². The number of ether oxygens (including phenoxy) is 1. The third kappa shape index (κ3) is 3.20. The predicted octanol–water partition coefficient (Wildman–Crippen LogP) is 2.21. The quantitative estimate of drug-likeness (QED) is 0.846. The van der Waals surface area contributed by atoms with Crippen LogP contribution in [0.2, 0.25) is 0 Å². The maximum absolute atomic E-state index is 9.91. The first-order chi connectivity index (χ1) is 7.96. The fourth-order valence-corrected chi connectivity index (χ4v) is 2.10. The van der Waals surface area contributed by atoms with E-state index in [2.05, 4.69) is 0 Å². The van der Waals surface area contributed by atoms with Crippen LogP contribution in [0.3, 0.4) is 0 Å². The molecule has 2 N–H and O–H groups in total. The molecule has 0 saturated carbocycles. The zero-order valence-corrected chi connectivity index (χ0v) is 10.4. The standard InChI is InChI=1S/C14H20O3/c1-14(2,16)9-17-11-7-6-10-4-3-5-13(15)12(10)8-11/h6-8,13,15-16H,3-5,9H2,1-2H3. The topological polar surface area (TPSA) is 49.7 Å². The molecule has 2 rings (SSSR count). The van der Waals surface area contributed by atoms with Crippen molar-refractivity contribution in [2.75, 3.05) is 6.61 Å². The molecule has 17 heavy (non-hydrogen) atoms. The number of aliphatic hydroxyl groups excluding tert-OH is 1. The van der Waals surface area contributed by atoms with Crippen LogP contribution in [-0.2, 0) is 6.42 Å². The van der Waals surface area contributed by atoms with Gasteiger partial charge in [0.2, 0.25) is 0 Å². The van der Waals surface area contributed by atoms with Gasteiger partial charge in [0.15, 0.2) is 0 Å². The number of benzene rings is 1. The summed E-state index contributed by atoms with van der Waals surface area (Å²) in [4.78, 5) is 0. The monoisotopic (exact) mass is 236 g/mol. The molecule has 1 unspecified atom stereocenters. The second kappa shape index (κ2) is 4.67. The van der Waals surface area contributed by atoms with Gasteiger partial charge in [-0.3, -0.25) is 0 Å². The summed E-state index contributed by atoms with van der Waals surface area (Å²) in [5.74, 6) is 0.715. The summed E-state index contributed by atoms with van der Waals surface area (Å²) in [7, 11) is 0. The van der Waals surface area contributed by atoms with Gasteiger partial charge in [0.1, 0.15) is 12.4 Å². The van der Waals surface area contributed by atoms with E-state index in [0.717, 1.165) is 24.8 Å². The molecular formula is C14H20O3. The minimum atomic E-state index is -0.839. The summed E-state index contributed by atoms with van der Waals surface area (Å²) >= 11 is 0. The van der Waals surface area contributed by atoms with Crippen molar-refractivity contribution in [2.45, 2.75) is 44.8 Å². The molecule has 1 aromatic rings. The van der Waals surface area contributed by atoms with Gasteiger partial charge >= 0.3 is 0 Å². The molecule has 0 amide bonds. The largest absolute Gasteiger partial charge is 0.491 e. The molecule has 0 heterocycles. The van der Waals surface area contributed by atoms with Gasteiger partial charge in [0.05, 0.1) is 11.7 Å². The van der Waals surface area contributed by atoms with Crippen LogP contribution in [0.25, 0.3) is 0 Å². The fraction of sp³-hybridized carbons (Fsp3) is 0.571. The van der Waals surface area contributed by atoms with Crippen LogP contribution in [0, 0.1) is 0 Å².